The van der Waals surface area contributed by atoms with Gasteiger partial charge in [-0.2, -0.15) is 0 Å². The van der Waals surface area contributed by atoms with Crippen molar-refractivity contribution in [2.24, 2.45) is 0 Å². The highest BCUT2D eigenvalue weighted by Gasteiger charge is 2.42. The van der Waals surface area contributed by atoms with Crippen LogP contribution in [0.2, 0.25) is 0 Å². The maximum atomic E-state index is 2.53. The molecule has 2 aliphatic rings. The lowest BCUT2D eigenvalue weighted by Crippen LogP contribution is -2.18. The van der Waals surface area contributed by atoms with E-state index in [0.717, 1.165) is 0 Å². The van der Waals surface area contributed by atoms with Gasteiger partial charge in [-0.05, 0) is 106 Å². The quantitative estimate of drug-likeness (QED) is 0.210. The Labute approximate surface area is 255 Å². The van der Waals surface area contributed by atoms with Gasteiger partial charge in [0, 0.05) is 27.6 Å². The fourth-order valence-corrected chi connectivity index (χ4v) is 7.76. The van der Waals surface area contributed by atoms with Crippen LogP contribution in [-0.2, 0) is 10.8 Å². The van der Waals surface area contributed by atoms with Crippen molar-refractivity contribution in [2.75, 3.05) is 4.90 Å². The molecule has 210 valence electrons. The molecule has 6 aromatic carbocycles. The Bertz CT molecular complexity index is 2030. The highest BCUT2D eigenvalue weighted by Crippen LogP contribution is 2.58. The predicted octanol–water partition coefficient (Wildman–Crippen LogP) is 11.5. The molecule has 0 N–H and O–H groups in total. The topological polar surface area (TPSA) is 3.24 Å². The number of rotatable bonds is 3. The standard InChI is InChI=1S/C42H37N/c1-26-15-19-28(20-16-26)43(29-21-17-27(2)18-22-29)39-25-38-40(32-13-8-7-12-31(32)39)34-24-36-33(23-37(34)42(38,5)6)30-11-9-10-14-35(30)41(36,3)4/h7-25H,1-6H3. The van der Waals surface area contributed by atoms with Crippen LogP contribution < -0.4 is 4.90 Å². The van der Waals surface area contributed by atoms with Crippen molar-refractivity contribution >= 4 is 27.8 Å². The number of anilines is 3. The summed E-state index contributed by atoms with van der Waals surface area (Å²) in [6, 6.07) is 43.4. The molecule has 0 heterocycles. The van der Waals surface area contributed by atoms with Gasteiger partial charge >= 0.3 is 0 Å². The van der Waals surface area contributed by atoms with Crippen LogP contribution in [0.15, 0.2) is 115 Å². The van der Waals surface area contributed by atoms with Crippen molar-refractivity contribution in [2.45, 2.75) is 52.4 Å². The van der Waals surface area contributed by atoms with E-state index in [0.29, 0.717) is 0 Å². The summed E-state index contributed by atoms with van der Waals surface area (Å²) in [6.07, 6.45) is 0. The zero-order chi connectivity index (χ0) is 29.7. The molecule has 1 nitrogen and oxygen atoms in total. The summed E-state index contributed by atoms with van der Waals surface area (Å²) in [5, 5.41) is 2.59. The van der Waals surface area contributed by atoms with Crippen molar-refractivity contribution in [1.82, 2.24) is 0 Å². The number of benzene rings is 6. The van der Waals surface area contributed by atoms with E-state index in [4.69, 9.17) is 0 Å². The van der Waals surface area contributed by atoms with Gasteiger partial charge in [0.15, 0.2) is 0 Å². The molecule has 0 aliphatic heterocycles. The van der Waals surface area contributed by atoms with E-state index in [1.54, 1.807) is 0 Å². The third kappa shape index (κ3) is 3.64. The second-order valence-corrected chi connectivity index (χ2v) is 13.6. The summed E-state index contributed by atoms with van der Waals surface area (Å²) in [6.45, 7) is 13.9. The first-order valence-electron chi connectivity index (χ1n) is 15.5. The summed E-state index contributed by atoms with van der Waals surface area (Å²) in [4.78, 5) is 2.44. The molecular formula is C42H37N. The van der Waals surface area contributed by atoms with Gasteiger partial charge in [0.05, 0.1) is 5.69 Å². The largest absolute Gasteiger partial charge is 0.310 e. The van der Waals surface area contributed by atoms with Gasteiger partial charge in [0.25, 0.3) is 0 Å². The fraction of sp³-hybridized carbons (Fsp3) is 0.190. The highest BCUT2D eigenvalue weighted by atomic mass is 15.1. The Morgan fingerprint density at radius 1 is 0.442 bits per heavy atom. The molecule has 8 rings (SSSR count). The zero-order valence-electron chi connectivity index (χ0n) is 25.9. The summed E-state index contributed by atoms with van der Waals surface area (Å²) in [5.74, 6) is 0. The van der Waals surface area contributed by atoms with E-state index in [-0.39, 0.29) is 10.8 Å². The number of hydrogen-bond donors (Lipinski definition) is 0. The molecule has 0 aromatic heterocycles. The van der Waals surface area contributed by atoms with Gasteiger partial charge in [-0.3, -0.25) is 0 Å². The SMILES string of the molecule is Cc1ccc(N(c2ccc(C)cc2)c2cc3c(c4ccccc24)-c2cc4c(cc2C3(C)C)-c2ccccc2C4(C)C)cc1. The average molecular weight is 556 g/mol. The molecule has 0 fully saturated rings. The van der Waals surface area contributed by atoms with Gasteiger partial charge in [0.2, 0.25) is 0 Å². The molecule has 43 heavy (non-hydrogen) atoms. The second kappa shape index (κ2) is 8.94. The van der Waals surface area contributed by atoms with Gasteiger partial charge in [-0.1, -0.05) is 112 Å². The van der Waals surface area contributed by atoms with Gasteiger partial charge < -0.3 is 4.90 Å². The Morgan fingerprint density at radius 2 is 0.953 bits per heavy atom. The number of nitrogens with zero attached hydrogens (tertiary/aromatic N) is 1. The Balaban J connectivity index is 1.42. The van der Waals surface area contributed by atoms with Crippen LogP contribution in [0.3, 0.4) is 0 Å². The van der Waals surface area contributed by atoms with Crippen LogP contribution in [0.1, 0.15) is 61.1 Å². The third-order valence-electron chi connectivity index (χ3n) is 10.2. The second-order valence-electron chi connectivity index (χ2n) is 13.6. The zero-order valence-corrected chi connectivity index (χ0v) is 25.9. The third-order valence-corrected chi connectivity index (χ3v) is 10.2. The lowest BCUT2D eigenvalue weighted by molar-refractivity contribution is 0.652. The Morgan fingerprint density at radius 3 is 1.60 bits per heavy atom. The lowest BCUT2D eigenvalue weighted by atomic mass is 9.79. The van der Waals surface area contributed by atoms with Crippen molar-refractivity contribution in [3.8, 4) is 22.3 Å². The number of hydrogen-bond acceptors (Lipinski definition) is 1. The fourth-order valence-electron chi connectivity index (χ4n) is 7.76. The van der Waals surface area contributed by atoms with Crippen LogP contribution in [0, 0.1) is 13.8 Å². The molecule has 0 radical (unpaired) electrons. The molecule has 0 saturated heterocycles. The summed E-state index contributed by atoms with van der Waals surface area (Å²) < 4.78 is 0. The van der Waals surface area contributed by atoms with Crippen LogP contribution >= 0.6 is 0 Å². The van der Waals surface area contributed by atoms with E-state index in [1.807, 2.05) is 0 Å². The van der Waals surface area contributed by atoms with Crippen LogP contribution in [0.4, 0.5) is 17.1 Å². The van der Waals surface area contributed by atoms with E-state index in [9.17, 15) is 0 Å². The summed E-state index contributed by atoms with van der Waals surface area (Å²) in [5.41, 5.74) is 17.2. The van der Waals surface area contributed by atoms with Gasteiger partial charge in [-0.25, -0.2) is 0 Å². The van der Waals surface area contributed by atoms with E-state index < -0.39 is 0 Å². The monoisotopic (exact) mass is 555 g/mol. The number of aryl methyl sites for hydroxylation is 2. The highest BCUT2D eigenvalue weighted by molar-refractivity contribution is 6.10. The molecule has 0 bridgehead atoms. The summed E-state index contributed by atoms with van der Waals surface area (Å²) in [7, 11) is 0. The van der Waals surface area contributed by atoms with E-state index in [2.05, 4.69) is 162 Å². The Hall–Kier alpha value is -4.62. The average Bonchev–Trinajstić information content (AvgIpc) is 3.37. The minimum Gasteiger partial charge on any atom is -0.310 e. The normalized spacial score (nSPS) is 15.1. The van der Waals surface area contributed by atoms with Crippen molar-refractivity contribution < 1.29 is 0 Å². The first-order chi connectivity index (χ1) is 20.7. The van der Waals surface area contributed by atoms with Crippen molar-refractivity contribution in [3.05, 3.63) is 149 Å². The molecule has 1 heteroatoms. The molecule has 6 aromatic rings. The van der Waals surface area contributed by atoms with Crippen molar-refractivity contribution in [3.63, 3.8) is 0 Å². The minimum absolute atomic E-state index is 0.0305. The summed E-state index contributed by atoms with van der Waals surface area (Å²) >= 11 is 0. The molecule has 0 atom stereocenters. The van der Waals surface area contributed by atoms with Gasteiger partial charge in [0.1, 0.15) is 0 Å². The molecule has 0 saturated carbocycles. The lowest BCUT2D eigenvalue weighted by Gasteiger charge is -2.30. The molecule has 2 aliphatic carbocycles. The number of fused-ring (bicyclic) bond motifs is 8. The predicted molar refractivity (Wildman–Crippen MR) is 183 cm³/mol. The molecule has 0 amide bonds. The smallest absolute Gasteiger partial charge is 0.0543 e. The maximum Gasteiger partial charge on any atom is 0.0543 e. The van der Waals surface area contributed by atoms with Crippen molar-refractivity contribution in [1.29, 1.82) is 0 Å². The van der Waals surface area contributed by atoms with Gasteiger partial charge in [-0.15, -0.1) is 0 Å². The van der Waals surface area contributed by atoms with Crippen LogP contribution in [0.5, 0.6) is 0 Å². The molecular weight excluding hydrogens is 518 g/mol. The molecule has 0 unspecified atom stereocenters. The minimum atomic E-state index is -0.146. The Kier molecular flexibility index (Phi) is 5.42. The molecule has 0 spiro atoms. The van der Waals surface area contributed by atoms with Crippen LogP contribution in [-0.4, -0.2) is 0 Å². The first kappa shape index (κ1) is 26.0. The van der Waals surface area contributed by atoms with E-state index >= 15 is 0 Å². The maximum absolute atomic E-state index is 2.53. The van der Waals surface area contributed by atoms with Crippen LogP contribution in [0.25, 0.3) is 33.0 Å². The van der Waals surface area contributed by atoms with E-state index in [1.165, 1.54) is 83.5 Å². The first-order valence-corrected chi connectivity index (χ1v) is 15.5.